The van der Waals surface area contributed by atoms with Crippen LogP contribution in [0.5, 0.6) is 0 Å². The molecule has 0 saturated heterocycles. The van der Waals surface area contributed by atoms with Crippen LogP contribution in [-0.4, -0.2) is 39.1 Å². The Kier molecular flexibility index (Phi) is 7.23. The van der Waals surface area contributed by atoms with Gasteiger partial charge in [-0.05, 0) is 44.4 Å². The quantitative estimate of drug-likeness (QED) is 0.478. The lowest BCUT2D eigenvalue weighted by atomic mass is 10.1. The van der Waals surface area contributed by atoms with Gasteiger partial charge in [0.2, 0.25) is 11.7 Å². The number of nitrogens with one attached hydrogen (secondary N) is 3. The highest BCUT2D eigenvalue weighted by atomic mass is 16.4. The first-order chi connectivity index (χ1) is 14.9. The largest absolute Gasteiger partial charge is 0.431 e. The minimum Gasteiger partial charge on any atom is -0.431 e. The van der Waals surface area contributed by atoms with Gasteiger partial charge >= 0.3 is 0 Å². The predicted molar refractivity (Wildman–Crippen MR) is 119 cm³/mol. The van der Waals surface area contributed by atoms with Crippen LogP contribution in [-0.2, 0) is 0 Å². The fraction of sp³-hybridized carbons (Fsp3) is 0.391. The van der Waals surface area contributed by atoms with E-state index < -0.39 is 0 Å². The lowest BCUT2D eigenvalue weighted by Crippen LogP contribution is -2.33. The molecule has 0 radical (unpaired) electrons. The van der Waals surface area contributed by atoms with E-state index in [1.54, 1.807) is 6.07 Å². The number of H-pyrrole nitrogens is 1. The molecule has 0 aliphatic heterocycles. The summed E-state index contributed by atoms with van der Waals surface area (Å²) in [5.41, 5.74) is 2.58. The van der Waals surface area contributed by atoms with Crippen LogP contribution >= 0.6 is 0 Å². The molecule has 0 aliphatic rings. The van der Waals surface area contributed by atoms with Gasteiger partial charge in [-0.3, -0.25) is 14.7 Å². The second-order valence-electron chi connectivity index (χ2n) is 7.55. The minimum absolute atomic E-state index is 0.0809. The fourth-order valence-corrected chi connectivity index (χ4v) is 3.07. The highest BCUT2D eigenvalue weighted by molar-refractivity contribution is 5.93. The fourth-order valence-electron chi connectivity index (χ4n) is 3.07. The van der Waals surface area contributed by atoms with E-state index >= 15 is 0 Å². The number of benzene rings is 1. The van der Waals surface area contributed by atoms with Gasteiger partial charge in [0, 0.05) is 23.2 Å². The highest BCUT2D eigenvalue weighted by Crippen LogP contribution is 2.25. The lowest BCUT2D eigenvalue weighted by molar-refractivity contribution is 0.0905. The van der Waals surface area contributed by atoms with Crippen LogP contribution in [0.3, 0.4) is 0 Å². The first kappa shape index (κ1) is 22.3. The van der Waals surface area contributed by atoms with E-state index in [0.29, 0.717) is 17.3 Å². The molecule has 1 aromatic carbocycles. The van der Waals surface area contributed by atoms with Gasteiger partial charge in [0.05, 0.1) is 11.9 Å². The molecule has 0 bridgehead atoms. The van der Waals surface area contributed by atoms with E-state index in [4.69, 9.17) is 4.42 Å². The summed E-state index contributed by atoms with van der Waals surface area (Å²) in [6.07, 6.45) is 3.99. The summed E-state index contributed by atoms with van der Waals surface area (Å²) in [4.78, 5) is 28.9. The van der Waals surface area contributed by atoms with Crippen LogP contribution in [0.25, 0.3) is 22.7 Å². The van der Waals surface area contributed by atoms with Crippen molar-refractivity contribution in [3.63, 3.8) is 0 Å². The summed E-state index contributed by atoms with van der Waals surface area (Å²) < 4.78 is 5.70. The molecule has 8 nitrogen and oxygen atoms in total. The normalized spacial score (nSPS) is 12.0. The number of rotatable bonds is 9. The SMILES string of the molecule is CCC(CC)NC(=O)c1cnc(-c2cccc(-c3cc(C(=O)N[C@@H](C)CC)n[nH]3)c2)o1. The van der Waals surface area contributed by atoms with Crippen molar-refractivity contribution in [3.05, 3.63) is 48.0 Å². The van der Waals surface area contributed by atoms with Gasteiger partial charge in [0.25, 0.3) is 11.8 Å². The summed E-state index contributed by atoms with van der Waals surface area (Å²) in [6, 6.07) is 9.38. The van der Waals surface area contributed by atoms with E-state index in [0.717, 1.165) is 30.4 Å². The van der Waals surface area contributed by atoms with Crippen LogP contribution in [0.1, 0.15) is 68.0 Å². The molecular weight excluding hydrogens is 394 g/mol. The molecule has 8 heteroatoms. The first-order valence-corrected chi connectivity index (χ1v) is 10.7. The maximum Gasteiger partial charge on any atom is 0.288 e. The Bertz CT molecular complexity index is 1040. The summed E-state index contributed by atoms with van der Waals surface area (Å²) in [5.74, 6) is 0.0478. The van der Waals surface area contributed by atoms with Crippen LogP contribution < -0.4 is 10.6 Å². The lowest BCUT2D eigenvalue weighted by Gasteiger charge is -2.12. The second-order valence-corrected chi connectivity index (χ2v) is 7.55. The van der Waals surface area contributed by atoms with Crippen molar-refractivity contribution >= 4 is 11.8 Å². The third-order valence-electron chi connectivity index (χ3n) is 5.27. The number of hydrogen-bond donors (Lipinski definition) is 3. The molecule has 3 aromatic rings. The maximum absolute atomic E-state index is 12.4. The molecule has 31 heavy (non-hydrogen) atoms. The highest BCUT2D eigenvalue weighted by Gasteiger charge is 2.17. The van der Waals surface area contributed by atoms with Crippen LogP contribution in [0, 0.1) is 0 Å². The van der Waals surface area contributed by atoms with Gasteiger partial charge < -0.3 is 15.1 Å². The van der Waals surface area contributed by atoms with Gasteiger partial charge in [-0.25, -0.2) is 4.98 Å². The number of aromatic amines is 1. The monoisotopic (exact) mass is 423 g/mol. The average Bonchev–Trinajstić information content (AvgIpc) is 3.47. The van der Waals surface area contributed by atoms with E-state index in [9.17, 15) is 9.59 Å². The van der Waals surface area contributed by atoms with Gasteiger partial charge in [-0.2, -0.15) is 5.10 Å². The number of carbonyl (C=O) groups is 2. The van der Waals surface area contributed by atoms with E-state index in [1.165, 1.54) is 6.20 Å². The third kappa shape index (κ3) is 5.39. The molecule has 2 heterocycles. The molecule has 0 saturated carbocycles. The Morgan fingerprint density at radius 1 is 1.03 bits per heavy atom. The van der Waals surface area contributed by atoms with E-state index in [1.807, 2.05) is 52.0 Å². The zero-order valence-electron chi connectivity index (χ0n) is 18.4. The summed E-state index contributed by atoms with van der Waals surface area (Å²) in [5, 5.41) is 12.9. The van der Waals surface area contributed by atoms with Crippen LogP contribution in [0.15, 0.2) is 40.9 Å². The molecule has 2 aromatic heterocycles. The average molecular weight is 424 g/mol. The molecule has 2 amide bonds. The molecule has 0 unspecified atom stereocenters. The van der Waals surface area contributed by atoms with Gasteiger partial charge in [0.15, 0.2) is 5.69 Å². The zero-order valence-corrected chi connectivity index (χ0v) is 18.4. The Morgan fingerprint density at radius 2 is 1.77 bits per heavy atom. The van der Waals surface area contributed by atoms with E-state index in [-0.39, 0.29) is 29.7 Å². The summed E-state index contributed by atoms with van der Waals surface area (Å²) in [6.45, 7) is 8.02. The molecule has 0 fully saturated rings. The number of carbonyl (C=O) groups excluding carboxylic acids is 2. The summed E-state index contributed by atoms with van der Waals surface area (Å²) >= 11 is 0. The molecule has 0 spiro atoms. The molecule has 3 N–H and O–H groups in total. The number of hydrogen-bond acceptors (Lipinski definition) is 5. The molecule has 3 rings (SSSR count). The van der Waals surface area contributed by atoms with Crippen molar-refractivity contribution < 1.29 is 14.0 Å². The Labute approximate surface area is 181 Å². The van der Waals surface area contributed by atoms with Crippen molar-refractivity contribution in [3.8, 4) is 22.7 Å². The maximum atomic E-state index is 12.4. The van der Waals surface area contributed by atoms with Gasteiger partial charge in [0.1, 0.15) is 0 Å². The van der Waals surface area contributed by atoms with Crippen molar-refractivity contribution in [2.75, 3.05) is 0 Å². The summed E-state index contributed by atoms with van der Waals surface area (Å²) in [7, 11) is 0. The number of aromatic nitrogens is 3. The molecular formula is C23H29N5O3. The Morgan fingerprint density at radius 3 is 2.48 bits per heavy atom. The van der Waals surface area contributed by atoms with E-state index in [2.05, 4.69) is 25.8 Å². The third-order valence-corrected chi connectivity index (χ3v) is 5.27. The smallest absolute Gasteiger partial charge is 0.288 e. The van der Waals surface area contributed by atoms with Crippen molar-refractivity contribution in [2.45, 2.75) is 59.0 Å². The topological polar surface area (TPSA) is 113 Å². The molecule has 0 aliphatic carbocycles. The van der Waals surface area contributed by atoms with Crippen LogP contribution in [0.4, 0.5) is 0 Å². The molecule has 164 valence electrons. The zero-order chi connectivity index (χ0) is 22.4. The van der Waals surface area contributed by atoms with Crippen molar-refractivity contribution in [1.29, 1.82) is 0 Å². The Balaban J connectivity index is 1.77. The number of nitrogens with zero attached hydrogens (tertiary/aromatic N) is 2. The molecule has 1 atom stereocenters. The first-order valence-electron chi connectivity index (χ1n) is 10.7. The van der Waals surface area contributed by atoms with Gasteiger partial charge in [-0.15, -0.1) is 0 Å². The number of amides is 2. The van der Waals surface area contributed by atoms with Gasteiger partial charge in [-0.1, -0.05) is 32.9 Å². The predicted octanol–water partition coefficient (Wildman–Crippen LogP) is 4.18. The standard InChI is InChI=1S/C23H29N5O3/c1-5-14(4)25-21(29)19-12-18(27-28-19)15-9-8-10-16(11-15)23-24-13-20(31-23)22(30)26-17(6-2)7-3/h8-14,17H,5-7H2,1-4H3,(H,25,29)(H,26,30)(H,27,28)/t14-/m0/s1. The second kappa shape index (κ2) is 10.1. The Hall–Kier alpha value is -3.42. The van der Waals surface area contributed by atoms with Crippen LogP contribution in [0.2, 0.25) is 0 Å². The number of oxazole rings is 1. The van der Waals surface area contributed by atoms with Crippen molar-refractivity contribution in [2.24, 2.45) is 0 Å². The minimum atomic E-state index is -0.269. The van der Waals surface area contributed by atoms with Crippen molar-refractivity contribution in [1.82, 2.24) is 25.8 Å².